The van der Waals surface area contributed by atoms with Gasteiger partial charge >= 0.3 is 5.76 Å². The van der Waals surface area contributed by atoms with Crippen LogP contribution in [0.25, 0.3) is 5.69 Å². The molecule has 0 N–H and O–H groups in total. The summed E-state index contributed by atoms with van der Waals surface area (Å²) < 4.78 is 20.4. The number of piperidine rings is 1. The summed E-state index contributed by atoms with van der Waals surface area (Å²) in [6.07, 6.45) is 5.82. The molecule has 1 aromatic heterocycles. The molecule has 24 heavy (non-hydrogen) atoms. The Morgan fingerprint density at radius 3 is 2.79 bits per heavy atom. The number of aromatic nitrogens is 1. The van der Waals surface area contributed by atoms with Crippen molar-refractivity contribution < 1.29 is 13.6 Å². The number of benzene rings is 1. The molecule has 0 amide bonds. The summed E-state index contributed by atoms with van der Waals surface area (Å²) in [6.45, 7) is 5.28. The van der Waals surface area contributed by atoms with Gasteiger partial charge in [-0.2, -0.15) is 0 Å². The van der Waals surface area contributed by atoms with Crippen LogP contribution in [0, 0.1) is 5.82 Å². The second-order valence-electron chi connectivity index (χ2n) is 5.40. The lowest BCUT2D eigenvalue weighted by molar-refractivity contribution is 0.173. The highest BCUT2D eigenvalue weighted by molar-refractivity contribution is 5.86. The first-order chi connectivity index (χ1) is 11.7. The highest BCUT2D eigenvalue weighted by Gasteiger charge is 2.19. The third kappa shape index (κ3) is 3.40. The van der Waals surface area contributed by atoms with Crippen LogP contribution in [0.2, 0.25) is 0 Å². The minimum absolute atomic E-state index is 0.371. The molecule has 0 atom stereocenters. The fourth-order valence-electron chi connectivity index (χ4n) is 2.64. The van der Waals surface area contributed by atoms with E-state index in [1.165, 1.54) is 23.1 Å². The van der Waals surface area contributed by atoms with E-state index in [-0.39, 0.29) is 5.82 Å². The molecule has 0 bridgehead atoms. The highest BCUT2D eigenvalue weighted by atomic mass is 19.1. The van der Waals surface area contributed by atoms with Crippen molar-refractivity contribution in [2.45, 2.75) is 12.8 Å². The van der Waals surface area contributed by atoms with E-state index in [4.69, 9.17) is 9.25 Å². The molecule has 0 radical (unpaired) electrons. The fourth-order valence-corrected chi connectivity index (χ4v) is 2.64. The van der Waals surface area contributed by atoms with Gasteiger partial charge < -0.3 is 14.2 Å². The quantitative estimate of drug-likeness (QED) is 0.480. The zero-order valence-electron chi connectivity index (χ0n) is 13.2. The van der Waals surface area contributed by atoms with Crippen LogP contribution >= 0.6 is 0 Å². The maximum atomic E-state index is 14.5. The maximum absolute atomic E-state index is 14.5. The van der Waals surface area contributed by atoms with E-state index >= 15 is 0 Å². The van der Waals surface area contributed by atoms with Crippen molar-refractivity contribution in [2.75, 3.05) is 24.6 Å². The van der Waals surface area contributed by atoms with Gasteiger partial charge in [-0.3, -0.25) is 0 Å². The number of halogens is 1. The van der Waals surface area contributed by atoms with Gasteiger partial charge in [0.25, 0.3) is 0 Å². The monoisotopic (exact) mass is 331 g/mol. The Hall–Kier alpha value is -2.83. The predicted octanol–water partition coefficient (Wildman–Crippen LogP) is 2.73. The Morgan fingerprint density at radius 2 is 2.17 bits per heavy atom. The largest absolute Gasteiger partial charge is 0.423 e. The molecule has 3 rings (SSSR count). The van der Waals surface area contributed by atoms with Gasteiger partial charge in [-0.05, 0) is 12.1 Å². The number of hydrogen-bond donors (Lipinski definition) is 0. The SMILES string of the molecule is C=CCON=C1CCN(c2ccc(-n3ccoc3=O)cc2F)CC1. The molecule has 7 heteroatoms. The van der Waals surface area contributed by atoms with Crippen LogP contribution in [0.5, 0.6) is 0 Å². The van der Waals surface area contributed by atoms with E-state index in [9.17, 15) is 9.18 Å². The van der Waals surface area contributed by atoms with Gasteiger partial charge in [0.05, 0.1) is 23.3 Å². The van der Waals surface area contributed by atoms with Crippen molar-refractivity contribution in [3.63, 3.8) is 0 Å². The zero-order chi connectivity index (χ0) is 16.9. The Morgan fingerprint density at radius 1 is 1.38 bits per heavy atom. The lowest BCUT2D eigenvalue weighted by Crippen LogP contribution is -2.34. The van der Waals surface area contributed by atoms with Crippen LogP contribution in [0.4, 0.5) is 10.1 Å². The first kappa shape index (κ1) is 16.0. The Balaban J connectivity index is 1.70. The van der Waals surface area contributed by atoms with Crippen molar-refractivity contribution in [1.82, 2.24) is 4.57 Å². The van der Waals surface area contributed by atoms with Crippen molar-refractivity contribution in [3.8, 4) is 5.69 Å². The molecule has 1 saturated heterocycles. The fraction of sp³-hybridized carbons (Fsp3) is 0.294. The molecule has 0 aliphatic carbocycles. The summed E-state index contributed by atoms with van der Waals surface area (Å²) in [5.41, 5.74) is 1.92. The van der Waals surface area contributed by atoms with Crippen molar-refractivity contribution in [1.29, 1.82) is 0 Å². The van der Waals surface area contributed by atoms with Gasteiger partial charge in [0.15, 0.2) is 0 Å². The second kappa shape index (κ2) is 7.16. The normalized spacial score (nSPS) is 14.5. The topological polar surface area (TPSA) is 60.0 Å². The predicted molar refractivity (Wildman–Crippen MR) is 89.3 cm³/mol. The van der Waals surface area contributed by atoms with Crippen molar-refractivity contribution in [2.24, 2.45) is 5.16 Å². The van der Waals surface area contributed by atoms with Crippen LogP contribution in [0.1, 0.15) is 12.8 Å². The van der Waals surface area contributed by atoms with Gasteiger partial charge in [0.1, 0.15) is 18.7 Å². The number of nitrogens with zero attached hydrogens (tertiary/aromatic N) is 3. The maximum Gasteiger partial charge on any atom is 0.423 e. The first-order valence-electron chi connectivity index (χ1n) is 7.68. The summed E-state index contributed by atoms with van der Waals surface area (Å²) in [5.74, 6) is -0.913. The number of anilines is 1. The summed E-state index contributed by atoms with van der Waals surface area (Å²) in [4.78, 5) is 18.5. The summed E-state index contributed by atoms with van der Waals surface area (Å²) >= 11 is 0. The highest BCUT2D eigenvalue weighted by Crippen LogP contribution is 2.24. The second-order valence-corrected chi connectivity index (χ2v) is 5.40. The third-order valence-corrected chi connectivity index (χ3v) is 3.85. The van der Waals surface area contributed by atoms with Gasteiger partial charge in [-0.25, -0.2) is 13.8 Å². The molecule has 1 aliphatic heterocycles. The zero-order valence-corrected chi connectivity index (χ0v) is 13.2. The molecule has 2 heterocycles. The molecule has 0 saturated carbocycles. The van der Waals surface area contributed by atoms with Crippen molar-refractivity contribution in [3.05, 3.63) is 59.7 Å². The van der Waals surface area contributed by atoms with E-state index in [2.05, 4.69) is 11.7 Å². The van der Waals surface area contributed by atoms with Crippen LogP contribution in [-0.4, -0.2) is 30.0 Å². The Bertz CT molecular complexity index is 799. The van der Waals surface area contributed by atoms with Gasteiger partial charge in [-0.15, -0.1) is 0 Å². The van der Waals surface area contributed by atoms with Crippen LogP contribution < -0.4 is 10.7 Å². The Labute approximate surface area is 138 Å². The van der Waals surface area contributed by atoms with Gasteiger partial charge in [-0.1, -0.05) is 17.8 Å². The van der Waals surface area contributed by atoms with E-state index in [0.717, 1.165) is 18.6 Å². The minimum atomic E-state index is -0.541. The van der Waals surface area contributed by atoms with E-state index in [0.29, 0.717) is 31.1 Å². The van der Waals surface area contributed by atoms with E-state index in [1.54, 1.807) is 18.2 Å². The molecular formula is C17H18FN3O3. The summed E-state index contributed by atoms with van der Waals surface area (Å²) in [7, 11) is 0. The first-order valence-corrected chi connectivity index (χ1v) is 7.68. The standard InChI is InChI=1S/C17H18FN3O3/c1-2-10-24-19-13-5-7-20(8-6-13)16-4-3-14(12-15(16)18)21-9-11-23-17(21)22/h2-4,9,11-12H,1,5-8,10H2. The number of rotatable bonds is 5. The summed E-state index contributed by atoms with van der Waals surface area (Å²) in [5, 5.41) is 4.06. The van der Waals surface area contributed by atoms with E-state index < -0.39 is 5.76 Å². The van der Waals surface area contributed by atoms with Crippen LogP contribution in [0.15, 0.2) is 57.7 Å². The molecule has 1 aliphatic rings. The number of oxime groups is 1. The molecule has 2 aromatic rings. The molecule has 126 valence electrons. The lowest BCUT2D eigenvalue weighted by atomic mass is 10.1. The average molecular weight is 331 g/mol. The molecule has 1 aromatic carbocycles. The number of hydrogen-bond acceptors (Lipinski definition) is 5. The molecule has 1 fully saturated rings. The Kier molecular flexibility index (Phi) is 4.79. The molecule has 0 unspecified atom stereocenters. The smallest absolute Gasteiger partial charge is 0.416 e. The third-order valence-electron chi connectivity index (χ3n) is 3.85. The van der Waals surface area contributed by atoms with Crippen LogP contribution in [0.3, 0.4) is 0 Å². The average Bonchev–Trinajstić information content (AvgIpc) is 3.02. The summed E-state index contributed by atoms with van der Waals surface area (Å²) in [6, 6.07) is 4.72. The molecule has 0 spiro atoms. The van der Waals surface area contributed by atoms with Crippen molar-refractivity contribution >= 4 is 11.4 Å². The molecular weight excluding hydrogens is 313 g/mol. The van der Waals surface area contributed by atoms with Gasteiger partial charge in [0.2, 0.25) is 0 Å². The molecule has 6 nitrogen and oxygen atoms in total. The van der Waals surface area contributed by atoms with Gasteiger partial charge in [0, 0.05) is 32.0 Å². The lowest BCUT2D eigenvalue weighted by Gasteiger charge is -2.29. The van der Waals surface area contributed by atoms with E-state index in [1.807, 2.05) is 4.90 Å². The minimum Gasteiger partial charge on any atom is -0.416 e. The number of oxazole rings is 1. The van der Waals surface area contributed by atoms with Crippen LogP contribution in [-0.2, 0) is 4.84 Å².